The van der Waals surface area contributed by atoms with E-state index in [4.69, 9.17) is 11.6 Å². The molecule has 0 atom stereocenters. The summed E-state index contributed by atoms with van der Waals surface area (Å²) in [5, 5.41) is 4.06. The third kappa shape index (κ3) is 5.01. The summed E-state index contributed by atoms with van der Waals surface area (Å²) in [5.41, 5.74) is 2.45. The normalized spacial score (nSPS) is 11.1. The fourth-order valence-corrected chi connectivity index (χ4v) is 2.49. The first-order valence-electron chi connectivity index (χ1n) is 6.91. The molecule has 0 radical (unpaired) electrons. The molecule has 3 nitrogen and oxygen atoms in total. The molecule has 0 amide bonds. The van der Waals surface area contributed by atoms with E-state index in [1.165, 1.54) is 11.3 Å². The highest BCUT2D eigenvalue weighted by molar-refractivity contribution is 6.33. The van der Waals surface area contributed by atoms with Crippen LogP contribution in [0.3, 0.4) is 0 Å². The van der Waals surface area contributed by atoms with Gasteiger partial charge in [0, 0.05) is 26.2 Å². The molecule has 0 aliphatic carbocycles. The van der Waals surface area contributed by atoms with Gasteiger partial charge in [-0.1, -0.05) is 30.7 Å². The summed E-state index contributed by atoms with van der Waals surface area (Å²) in [6, 6.07) is 6.15. The van der Waals surface area contributed by atoms with Gasteiger partial charge in [0.25, 0.3) is 0 Å². The van der Waals surface area contributed by atoms with Crippen LogP contribution in [0.4, 0.5) is 5.69 Å². The number of hydrogen-bond acceptors (Lipinski definition) is 3. The van der Waals surface area contributed by atoms with Gasteiger partial charge >= 0.3 is 0 Å². The third-order valence-corrected chi connectivity index (χ3v) is 3.37. The van der Waals surface area contributed by atoms with Gasteiger partial charge in [-0.25, -0.2) is 0 Å². The van der Waals surface area contributed by atoms with Crippen LogP contribution in [0.15, 0.2) is 18.2 Å². The Morgan fingerprint density at radius 1 is 1.16 bits per heavy atom. The fraction of sp³-hybridized carbons (Fsp3) is 0.600. The molecule has 0 aromatic heterocycles. The van der Waals surface area contributed by atoms with Gasteiger partial charge in [0.05, 0.1) is 10.7 Å². The van der Waals surface area contributed by atoms with Gasteiger partial charge in [-0.15, -0.1) is 0 Å². The number of likely N-dealkylation sites (N-methyl/N-ethyl adjacent to an activating group) is 1. The Labute approximate surface area is 122 Å². The number of nitrogens with one attached hydrogen (secondary N) is 1. The van der Waals surface area contributed by atoms with Crippen LogP contribution in [0.1, 0.15) is 18.9 Å². The second kappa shape index (κ2) is 8.41. The lowest BCUT2D eigenvalue weighted by Gasteiger charge is -2.29. The Bertz CT molecular complexity index is 380. The molecule has 1 aromatic rings. The van der Waals surface area contributed by atoms with Crippen LogP contribution in [0.2, 0.25) is 5.02 Å². The zero-order chi connectivity index (χ0) is 14.3. The largest absolute Gasteiger partial charge is 0.369 e. The summed E-state index contributed by atoms with van der Waals surface area (Å²) in [6.07, 6.45) is 1.12. The SMILES string of the molecule is CCCN(CCN(C)C)c1c(Cl)cccc1CNC. The van der Waals surface area contributed by atoms with Crippen LogP contribution in [-0.4, -0.2) is 45.7 Å². The first-order valence-corrected chi connectivity index (χ1v) is 7.29. The minimum atomic E-state index is 0.845. The van der Waals surface area contributed by atoms with Crippen molar-refractivity contribution in [2.45, 2.75) is 19.9 Å². The standard InChI is InChI=1S/C15H26ClN3/c1-5-9-19(11-10-18(3)4)15-13(12-17-2)7-6-8-14(15)16/h6-8,17H,5,9-12H2,1-4H3. The minimum absolute atomic E-state index is 0.845. The van der Waals surface area contributed by atoms with E-state index in [1.54, 1.807) is 0 Å². The van der Waals surface area contributed by atoms with Gasteiger partial charge in [0.15, 0.2) is 0 Å². The molecule has 0 unspecified atom stereocenters. The molecule has 0 aliphatic heterocycles. The van der Waals surface area contributed by atoms with Crippen LogP contribution >= 0.6 is 11.6 Å². The van der Waals surface area contributed by atoms with E-state index in [0.29, 0.717) is 0 Å². The minimum Gasteiger partial charge on any atom is -0.369 e. The molecule has 1 aromatic carbocycles. The summed E-state index contributed by atoms with van der Waals surface area (Å²) >= 11 is 6.43. The quantitative estimate of drug-likeness (QED) is 0.791. The summed E-state index contributed by atoms with van der Waals surface area (Å²) in [7, 11) is 6.17. The number of nitrogens with zero attached hydrogens (tertiary/aromatic N) is 2. The molecule has 108 valence electrons. The molecule has 4 heteroatoms. The van der Waals surface area contributed by atoms with Crippen LogP contribution in [0, 0.1) is 0 Å². The number of halogens is 1. The molecular formula is C15H26ClN3. The van der Waals surface area contributed by atoms with Gasteiger partial charge in [0.1, 0.15) is 0 Å². The zero-order valence-electron chi connectivity index (χ0n) is 12.5. The van der Waals surface area contributed by atoms with E-state index in [9.17, 15) is 0 Å². The molecule has 1 rings (SSSR count). The average Bonchev–Trinajstić information content (AvgIpc) is 2.36. The van der Waals surface area contributed by atoms with Crippen molar-refractivity contribution in [3.63, 3.8) is 0 Å². The summed E-state index contributed by atoms with van der Waals surface area (Å²) in [5.74, 6) is 0. The second-order valence-electron chi connectivity index (χ2n) is 5.07. The third-order valence-electron chi connectivity index (χ3n) is 3.06. The van der Waals surface area contributed by atoms with Crippen LogP contribution in [0.25, 0.3) is 0 Å². The van der Waals surface area contributed by atoms with E-state index in [1.807, 2.05) is 19.2 Å². The molecule has 0 aliphatic rings. The Hall–Kier alpha value is -0.770. The van der Waals surface area contributed by atoms with Crippen molar-refractivity contribution < 1.29 is 0 Å². The topological polar surface area (TPSA) is 18.5 Å². The lowest BCUT2D eigenvalue weighted by molar-refractivity contribution is 0.413. The number of anilines is 1. The Morgan fingerprint density at radius 2 is 1.89 bits per heavy atom. The molecule has 0 bridgehead atoms. The number of benzene rings is 1. The monoisotopic (exact) mass is 283 g/mol. The Morgan fingerprint density at radius 3 is 2.47 bits per heavy atom. The predicted octanol–water partition coefficient (Wildman–Crippen LogP) is 2.84. The maximum atomic E-state index is 6.43. The average molecular weight is 284 g/mol. The van der Waals surface area contributed by atoms with E-state index in [-0.39, 0.29) is 0 Å². The Balaban J connectivity index is 2.98. The maximum Gasteiger partial charge on any atom is 0.0642 e. The molecule has 0 spiro atoms. The Kier molecular flexibility index (Phi) is 7.21. The van der Waals surface area contributed by atoms with Gasteiger partial charge in [-0.2, -0.15) is 0 Å². The van der Waals surface area contributed by atoms with Gasteiger partial charge in [0.2, 0.25) is 0 Å². The van der Waals surface area contributed by atoms with Crippen molar-refractivity contribution in [1.29, 1.82) is 0 Å². The zero-order valence-corrected chi connectivity index (χ0v) is 13.3. The smallest absolute Gasteiger partial charge is 0.0642 e. The first kappa shape index (κ1) is 16.3. The van der Waals surface area contributed by atoms with Crippen molar-refractivity contribution in [1.82, 2.24) is 10.2 Å². The molecular weight excluding hydrogens is 258 g/mol. The summed E-state index contributed by atoms with van der Waals surface area (Å²) < 4.78 is 0. The lowest BCUT2D eigenvalue weighted by atomic mass is 10.1. The lowest BCUT2D eigenvalue weighted by Crippen LogP contribution is -2.33. The second-order valence-corrected chi connectivity index (χ2v) is 5.48. The number of rotatable bonds is 8. The predicted molar refractivity (Wildman–Crippen MR) is 85.3 cm³/mol. The van der Waals surface area contributed by atoms with E-state index in [2.05, 4.69) is 42.2 Å². The molecule has 0 heterocycles. The van der Waals surface area contributed by atoms with Gasteiger partial charge in [-0.05, 0) is 39.2 Å². The van der Waals surface area contributed by atoms with E-state index in [0.717, 1.165) is 37.6 Å². The van der Waals surface area contributed by atoms with Crippen molar-refractivity contribution >= 4 is 17.3 Å². The van der Waals surface area contributed by atoms with Gasteiger partial charge in [-0.3, -0.25) is 0 Å². The molecule has 1 N–H and O–H groups in total. The van der Waals surface area contributed by atoms with Crippen LogP contribution in [0.5, 0.6) is 0 Å². The van der Waals surface area contributed by atoms with Crippen molar-refractivity contribution in [3.8, 4) is 0 Å². The molecule has 0 fully saturated rings. The van der Waals surface area contributed by atoms with E-state index >= 15 is 0 Å². The number of hydrogen-bond donors (Lipinski definition) is 1. The van der Waals surface area contributed by atoms with Gasteiger partial charge < -0.3 is 15.1 Å². The molecule has 0 saturated carbocycles. The van der Waals surface area contributed by atoms with Crippen molar-refractivity contribution in [3.05, 3.63) is 28.8 Å². The summed E-state index contributed by atoms with van der Waals surface area (Å²) in [6.45, 7) is 6.12. The van der Waals surface area contributed by atoms with E-state index < -0.39 is 0 Å². The highest BCUT2D eigenvalue weighted by atomic mass is 35.5. The molecule has 19 heavy (non-hydrogen) atoms. The van der Waals surface area contributed by atoms with Crippen molar-refractivity contribution in [2.24, 2.45) is 0 Å². The summed E-state index contributed by atoms with van der Waals surface area (Å²) in [4.78, 5) is 4.60. The van der Waals surface area contributed by atoms with Crippen LogP contribution in [-0.2, 0) is 6.54 Å². The number of para-hydroxylation sites is 1. The van der Waals surface area contributed by atoms with Crippen LogP contribution < -0.4 is 10.2 Å². The van der Waals surface area contributed by atoms with Crippen molar-refractivity contribution in [2.75, 3.05) is 45.7 Å². The fourth-order valence-electron chi connectivity index (χ4n) is 2.17. The maximum absolute atomic E-state index is 6.43. The highest BCUT2D eigenvalue weighted by Crippen LogP contribution is 2.30. The first-order chi connectivity index (χ1) is 9.10. The molecule has 0 saturated heterocycles. The highest BCUT2D eigenvalue weighted by Gasteiger charge is 2.14.